The molecule has 3 N–H and O–H groups in total. The first-order valence-corrected chi connectivity index (χ1v) is 11.1. The zero-order valence-electron chi connectivity index (χ0n) is 18.8. The Morgan fingerprint density at radius 1 is 1.08 bits per heavy atom. The molecule has 2 aromatic carbocycles. The third kappa shape index (κ3) is 4.86. The third-order valence-electron chi connectivity index (χ3n) is 5.90. The summed E-state index contributed by atoms with van der Waals surface area (Å²) in [6.45, 7) is 2.33. The first-order valence-electron chi connectivity index (χ1n) is 11.1. The van der Waals surface area contributed by atoms with E-state index < -0.39 is 17.6 Å². The fourth-order valence-electron chi connectivity index (χ4n) is 4.15. The van der Waals surface area contributed by atoms with Gasteiger partial charge in [-0.1, -0.05) is 6.07 Å². The number of nitrogens with one attached hydrogen (secondary N) is 2. The Morgan fingerprint density at radius 2 is 1.83 bits per heavy atom. The Morgan fingerprint density at radius 3 is 2.53 bits per heavy atom. The molecule has 1 aromatic heterocycles. The molecule has 1 fully saturated rings. The molecule has 5 rings (SSSR count). The molecule has 36 heavy (non-hydrogen) atoms. The van der Waals surface area contributed by atoms with Gasteiger partial charge in [0.05, 0.1) is 24.5 Å². The standard InChI is InChI=1S/C24H21F3N6O3/c25-24(26,27)19-11-20-15(10-21(31-20)30-17-3-1-2-14(8-17)22(34)32-35)9-18(19)16-12-28-23(29-13-16)33-4-6-36-7-5-33/h1-3,8-9,11-13,35H,4-7,10H2,(H,30,31)(H,32,34). The normalized spacial score (nSPS) is 15.3. The van der Waals surface area contributed by atoms with Gasteiger partial charge in [-0.3, -0.25) is 10.0 Å². The number of nitrogens with zero attached hydrogens (tertiary/aromatic N) is 4. The Balaban J connectivity index is 1.42. The zero-order chi connectivity index (χ0) is 25.3. The number of aromatic nitrogens is 2. The average molecular weight is 498 g/mol. The van der Waals surface area contributed by atoms with Crippen molar-refractivity contribution in [1.29, 1.82) is 0 Å². The van der Waals surface area contributed by atoms with Crippen LogP contribution in [0.25, 0.3) is 11.1 Å². The molecule has 1 saturated heterocycles. The summed E-state index contributed by atoms with van der Waals surface area (Å²) in [5.41, 5.74) is 2.51. The lowest BCUT2D eigenvalue weighted by Gasteiger charge is -2.26. The van der Waals surface area contributed by atoms with Crippen LogP contribution in [0, 0.1) is 0 Å². The second kappa shape index (κ2) is 9.55. The molecule has 2 aliphatic rings. The number of carbonyl (C=O) groups excluding carboxylic acids is 1. The lowest BCUT2D eigenvalue weighted by atomic mass is 9.97. The van der Waals surface area contributed by atoms with Gasteiger partial charge in [-0.25, -0.2) is 20.4 Å². The molecular weight excluding hydrogens is 477 g/mol. The number of amidine groups is 1. The van der Waals surface area contributed by atoms with Crippen molar-refractivity contribution in [3.63, 3.8) is 0 Å². The van der Waals surface area contributed by atoms with Crippen molar-refractivity contribution < 1.29 is 27.9 Å². The Bertz CT molecular complexity index is 1320. The van der Waals surface area contributed by atoms with Crippen LogP contribution in [0.5, 0.6) is 0 Å². The van der Waals surface area contributed by atoms with Gasteiger partial charge in [0.15, 0.2) is 0 Å². The Hall–Kier alpha value is -4.03. The maximum atomic E-state index is 14.0. The van der Waals surface area contributed by atoms with Crippen molar-refractivity contribution in [2.75, 3.05) is 36.5 Å². The van der Waals surface area contributed by atoms with E-state index in [0.29, 0.717) is 49.3 Å². The fourth-order valence-corrected chi connectivity index (χ4v) is 4.15. The SMILES string of the molecule is O=C(NO)c1cccc(NC2=Nc3cc(C(F)(F)F)c(-c4cnc(N5CCOCC5)nc4)cc3C2)c1. The topological polar surface area (TPSA) is 112 Å². The quantitative estimate of drug-likeness (QED) is 0.370. The first kappa shape index (κ1) is 23.7. The third-order valence-corrected chi connectivity index (χ3v) is 5.90. The maximum absolute atomic E-state index is 14.0. The molecule has 3 heterocycles. The largest absolute Gasteiger partial charge is 0.417 e. The van der Waals surface area contributed by atoms with Crippen LogP contribution in [0.1, 0.15) is 21.5 Å². The van der Waals surface area contributed by atoms with Gasteiger partial charge in [-0.2, -0.15) is 13.2 Å². The first-order chi connectivity index (χ1) is 17.3. The number of alkyl halides is 3. The van der Waals surface area contributed by atoms with Crippen LogP contribution in [-0.2, 0) is 17.3 Å². The molecule has 1 amide bonds. The molecule has 3 aromatic rings. The van der Waals surface area contributed by atoms with Crippen molar-refractivity contribution in [2.24, 2.45) is 4.99 Å². The molecule has 0 aliphatic carbocycles. The summed E-state index contributed by atoms with van der Waals surface area (Å²) in [4.78, 5) is 26.5. The van der Waals surface area contributed by atoms with Crippen LogP contribution >= 0.6 is 0 Å². The minimum Gasteiger partial charge on any atom is -0.378 e. The number of benzene rings is 2. The van der Waals surface area contributed by atoms with Crippen molar-refractivity contribution in [3.05, 3.63) is 65.5 Å². The monoisotopic (exact) mass is 498 g/mol. The minimum atomic E-state index is -4.61. The molecule has 186 valence electrons. The summed E-state index contributed by atoms with van der Waals surface area (Å²) in [5.74, 6) is 0.191. The van der Waals surface area contributed by atoms with E-state index in [0.717, 1.165) is 6.07 Å². The van der Waals surface area contributed by atoms with Crippen molar-refractivity contribution in [2.45, 2.75) is 12.6 Å². The van der Waals surface area contributed by atoms with Gasteiger partial charge in [-0.15, -0.1) is 0 Å². The number of hydrogen-bond acceptors (Lipinski definition) is 8. The predicted molar refractivity (Wildman–Crippen MR) is 126 cm³/mol. The predicted octanol–water partition coefficient (Wildman–Crippen LogP) is 3.82. The highest BCUT2D eigenvalue weighted by Crippen LogP contribution is 2.42. The number of halogens is 3. The summed E-state index contributed by atoms with van der Waals surface area (Å²) in [6, 6.07) is 8.80. The number of hydrogen-bond donors (Lipinski definition) is 3. The van der Waals surface area contributed by atoms with Gasteiger partial charge in [0.2, 0.25) is 5.95 Å². The van der Waals surface area contributed by atoms with Gasteiger partial charge in [0.1, 0.15) is 5.84 Å². The van der Waals surface area contributed by atoms with Crippen molar-refractivity contribution >= 4 is 29.1 Å². The second-order valence-corrected chi connectivity index (χ2v) is 8.28. The summed E-state index contributed by atoms with van der Waals surface area (Å²) < 4.78 is 47.3. The maximum Gasteiger partial charge on any atom is 0.417 e. The van der Waals surface area contributed by atoms with E-state index in [1.165, 1.54) is 30.6 Å². The molecule has 12 heteroatoms. The van der Waals surface area contributed by atoms with E-state index in [-0.39, 0.29) is 28.8 Å². The van der Waals surface area contributed by atoms with Crippen molar-refractivity contribution in [1.82, 2.24) is 15.4 Å². The van der Waals surface area contributed by atoms with Crippen LogP contribution in [0.2, 0.25) is 0 Å². The number of hydroxylamine groups is 1. The average Bonchev–Trinajstić information content (AvgIpc) is 3.29. The molecule has 9 nitrogen and oxygen atoms in total. The second-order valence-electron chi connectivity index (χ2n) is 8.28. The highest BCUT2D eigenvalue weighted by molar-refractivity contribution is 6.03. The number of carbonyl (C=O) groups is 1. The molecule has 0 bridgehead atoms. The van der Waals surface area contributed by atoms with E-state index in [1.807, 2.05) is 4.90 Å². The highest BCUT2D eigenvalue weighted by Gasteiger charge is 2.36. The molecular formula is C24H21F3N6O3. The minimum absolute atomic E-state index is 0.0205. The summed E-state index contributed by atoms with van der Waals surface area (Å²) >= 11 is 0. The van der Waals surface area contributed by atoms with Crippen LogP contribution in [-0.4, -0.2) is 53.2 Å². The van der Waals surface area contributed by atoms with E-state index in [4.69, 9.17) is 9.94 Å². The molecule has 0 atom stereocenters. The summed E-state index contributed by atoms with van der Waals surface area (Å²) in [6.07, 6.45) is -1.53. The van der Waals surface area contributed by atoms with Gasteiger partial charge in [-0.05, 0) is 41.5 Å². The van der Waals surface area contributed by atoms with Gasteiger partial charge in [0, 0.05) is 48.7 Å². The van der Waals surface area contributed by atoms with Crippen molar-refractivity contribution in [3.8, 4) is 11.1 Å². The number of amides is 1. The number of ether oxygens (including phenoxy) is 1. The number of fused-ring (bicyclic) bond motifs is 1. The van der Waals surface area contributed by atoms with Crippen LogP contribution in [0.15, 0.2) is 53.8 Å². The zero-order valence-corrected chi connectivity index (χ0v) is 18.8. The molecule has 0 saturated carbocycles. The van der Waals surface area contributed by atoms with E-state index in [2.05, 4.69) is 20.3 Å². The fraction of sp³-hybridized carbons (Fsp3) is 0.250. The Labute approximate surface area is 203 Å². The molecule has 0 unspecified atom stereocenters. The summed E-state index contributed by atoms with van der Waals surface area (Å²) in [5, 5.41) is 11.9. The van der Waals surface area contributed by atoms with E-state index in [1.54, 1.807) is 17.6 Å². The molecule has 0 radical (unpaired) electrons. The Kier molecular flexibility index (Phi) is 6.29. The van der Waals surface area contributed by atoms with Gasteiger partial charge < -0.3 is 15.0 Å². The van der Waals surface area contributed by atoms with Gasteiger partial charge in [0.25, 0.3) is 5.91 Å². The highest BCUT2D eigenvalue weighted by atomic mass is 19.4. The number of anilines is 2. The molecule has 2 aliphatic heterocycles. The number of rotatable bonds is 4. The van der Waals surface area contributed by atoms with E-state index >= 15 is 0 Å². The number of aliphatic imine (C=N–C) groups is 1. The number of morpholine rings is 1. The lowest BCUT2D eigenvalue weighted by Crippen LogP contribution is -2.37. The van der Waals surface area contributed by atoms with Gasteiger partial charge >= 0.3 is 6.18 Å². The van der Waals surface area contributed by atoms with Crippen LogP contribution < -0.4 is 15.7 Å². The summed E-state index contributed by atoms with van der Waals surface area (Å²) in [7, 11) is 0. The lowest BCUT2D eigenvalue weighted by molar-refractivity contribution is -0.137. The van der Waals surface area contributed by atoms with Crippen LogP contribution in [0.4, 0.5) is 30.5 Å². The van der Waals surface area contributed by atoms with Crippen LogP contribution in [0.3, 0.4) is 0 Å². The van der Waals surface area contributed by atoms with E-state index in [9.17, 15) is 18.0 Å². The molecule has 0 spiro atoms. The smallest absolute Gasteiger partial charge is 0.378 e.